The van der Waals surface area contributed by atoms with Crippen molar-refractivity contribution >= 4 is 6.08 Å². The van der Waals surface area contributed by atoms with Crippen LogP contribution in [0.2, 0.25) is 0 Å². The van der Waals surface area contributed by atoms with Gasteiger partial charge in [-0.05, 0) is 99.2 Å². The number of rotatable bonds is 7. The molecule has 0 saturated heterocycles. The molecular formula is C30H37F3O. The van der Waals surface area contributed by atoms with Gasteiger partial charge in [0.15, 0.2) is 11.6 Å². The highest BCUT2D eigenvalue weighted by Crippen LogP contribution is 2.40. The third-order valence-electron chi connectivity index (χ3n) is 8.05. The number of ether oxygens (including phenoxy) is 1. The summed E-state index contributed by atoms with van der Waals surface area (Å²) in [5.74, 6) is 0.319. The Morgan fingerprint density at radius 3 is 2.09 bits per heavy atom. The lowest BCUT2D eigenvalue weighted by Gasteiger charge is -2.28. The summed E-state index contributed by atoms with van der Waals surface area (Å²) in [6.07, 6.45) is 12.6. The quantitative estimate of drug-likeness (QED) is 0.392. The van der Waals surface area contributed by atoms with Crippen molar-refractivity contribution in [3.63, 3.8) is 0 Å². The highest BCUT2D eigenvalue weighted by molar-refractivity contribution is 5.52. The fourth-order valence-corrected chi connectivity index (χ4v) is 5.86. The van der Waals surface area contributed by atoms with E-state index in [9.17, 15) is 13.2 Å². The largest absolute Gasteiger partial charge is 0.494 e. The van der Waals surface area contributed by atoms with E-state index < -0.39 is 11.6 Å². The predicted octanol–water partition coefficient (Wildman–Crippen LogP) is 9.17. The van der Waals surface area contributed by atoms with Gasteiger partial charge in [-0.25, -0.2) is 13.2 Å². The third-order valence-corrected chi connectivity index (χ3v) is 8.05. The van der Waals surface area contributed by atoms with Gasteiger partial charge in [-0.15, -0.1) is 0 Å². The monoisotopic (exact) mass is 470 g/mol. The van der Waals surface area contributed by atoms with Crippen molar-refractivity contribution in [3.05, 3.63) is 70.5 Å². The molecule has 0 aromatic heterocycles. The third kappa shape index (κ3) is 5.70. The second kappa shape index (κ2) is 11.5. The average molecular weight is 471 g/mol. The Kier molecular flexibility index (Phi) is 8.39. The Hall–Kier alpha value is -2.23. The number of hydrogen-bond donors (Lipinski definition) is 0. The lowest BCUT2D eigenvalue weighted by Crippen LogP contribution is -2.14. The lowest BCUT2D eigenvalue weighted by atomic mass is 9.77. The zero-order valence-corrected chi connectivity index (χ0v) is 20.5. The molecule has 2 aromatic carbocycles. The molecule has 1 nitrogen and oxygen atoms in total. The molecule has 0 unspecified atom stereocenters. The van der Waals surface area contributed by atoms with Crippen LogP contribution in [0.5, 0.6) is 5.75 Å². The van der Waals surface area contributed by atoms with Crippen LogP contribution in [0.4, 0.5) is 13.2 Å². The highest BCUT2D eigenvalue weighted by Gasteiger charge is 2.26. The molecular weight excluding hydrogens is 433 g/mol. The van der Waals surface area contributed by atoms with Crippen molar-refractivity contribution in [1.82, 2.24) is 0 Å². The highest BCUT2D eigenvalue weighted by atomic mass is 19.2. The molecule has 34 heavy (non-hydrogen) atoms. The first-order chi connectivity index (χ1) is 16.5. The van der Waals surface area contributed by atoms with Crippen molar-refractivity contribution < 1.29 is 17.9 Å². The van der Waals surface area contributed by atoms with Crippen LogP contribution in [0, 0.1) is 29.3 Å². The first-order valence-corrected chi connectivity index (χ1v) is 13.1. The molecule has 0 atom stereocenters. The summed E-state index contributed by atoms with van der Waals surface area (Å²) >= 11 is 0. The molecule has 2 aromatic rings. The number of hydrogen-bond acceptors (Lipinski definition) is 1. The molecule has 0 amide bonds. The summed E-state index contributed by atoms with van der Waals surface area (Å²) in [6.45, 7) is 4.61. The summed E-state index contributed by atoms with van der Waals surface area (Å²) in [6, 6.07) is 8.68. The summed E-state index contributed by atoms with van der Waals surface area (Å²) in [4.78, 5) is 0. The zero-order valence-electron chi connectivity index (χ0n) is 20.5. The maximum absolute atomic E-state index is 14.9. The molecule has 184 valence electrons. The first kappa shape index (κ1) is 24.9. The Balaban J connectivity index is 1.35. The molecule has 0 spiro atoms. The summed E-state index contributed by atoms with van der Waals surface area (Å²) in [5.41, 5.74) is 1.62. The molecule has 0 N–H and O–H groups in total. The van der Waals surface area contributed by atoms with E-state index in [1.807, 2.05) is 25.1 Å². The van der Waals surface area contributed by atoms with E-state index in [2.05, 4.69) is 6.92 Å². The van der Waals surface area contributed by atoms with Gasteiger partial charge in [0.05, 0.1) is 6.61 Å². The Morgan fingerprint density at radius 2 is 1.44 bits per heavy atom. The molecule has 2 aliphatic rings. The zero-order chi connectivity index (χ0) is 24.1. The minimum atomic E-state index is -0.725. The minimum absolute atomic E-state index is 0.133. The fourth-order valence-electron chi connectivity index (χ4n) is 5.86. The molecule has 0 aliphatic heterocycles. The first-order valence-electron chi connectivity index (χ1n) is 13.1. The Labute approximate surface area is 202 Å². The maximum Gasteiger partial charge on any atom is 0.166 e. The van der Waals surface area contributed by atoms with E-state index in [1.54, 1.807) is 18.2 Å². The van der Waals surface area contributed by atoms with E-state index in [1.165, 1.54) is 12.5 Å². The standard InChI is InChI=1S/C30H37F3O/c1-3-20-5-10-23(11-6-20)27-17-15-24(29(32)30(27)33)14-9-21-7-12-22(13-8-21)26-18-16-25(34-4-2)19-28(26)31/h9,14-23H,3-8,10-13H2,1-2H3. The van der Waals surface area contributed by atoms with E-state index in [0.717, 1.165) is 62.8 Å². The second-order valence-electron chi connectivity index (χ2n) is 10.1. The van der Waals surface area contributed by atoms with Crippen LogP contribution < -0.4 is 4.74 Å². The fraction of sp³-hybridized carbons (Fsp3) is 0.533. The van der Waals surface area contributed by atoms with Gasteiger partial charge in [0.25, 0.3) is 0 Å². The number of allylic oxidation sites excluding steroid dienone is 1. The van der Waals surface area contributed by atoms with Gasteiger partial charge >= 0.3 is 0 Å². The van der Waals surface area contributed by atoms with Gasteiger partial charge in [0.2, 0.25) is 0 Å². The summed E-state index contributed by atoms with van der Waals surface area (Å²) < 4.78 is 49.7. The topological polar surface area (TPSA) is 9.23 Å². The van der Waals surface area contributed by atoms with Crippen molar-refractivity contribution in [2.45, 2.75) is 83.5 Å². The maximum atomic E-state index is 14.9. The smallest absolute Gasteiger partial charge is 0.166 e. The predicted molar refractivity (Wildman–Crippen MR) is 133 cm³/mol. The van der Waals surface area contributed by atoms with Crippen LogP contribution >= 0.6 is 0 Å². The van der Waals surface area contributed by atoms with Crippen LogP contribution in [0.3, 0.4) is 0 Å². The van der Waals surface area contributed by atoms with Gasteiger partial charge in [0, 0.05) is 11.6 Å². The van der Waals surface area contributed by atoms with Crippen molar-refractivity contribution in [2.24, 2.45) is 11.8 Å². The van der Waals surface area contributed by atoms with Crippen molar-refractivity contribution in [3.8, 4) is 5.75 Å². The summed E-state index contributed by atoms with van der Waals surface area (Å²) in [7, 11) is 0. The van der Waals surface area contributed by atoms with Crippen molar-refractivity contribution in [2.75, 3.05) is 6.61 Å². The van der Waals surface area contributed by atoms with E-state index in [0.29, 0.717) is 29.4 Å². The van der Waals surface area contributed by atoms with Gasteiger partial charge in [0.1, 0.15) is 11.6 Å². The Morgan fingerprint density at radius 1 is 0.794 bits per heavy atom. The molecule has 0 bridgehead atoms. The van der Waals surface area contributed by atoms with Crippen LogP contribution in [0.15, 0.2) is 36.4 Å². The van der Waals surface area contributed by atoms with E-state index >= 15 is 0 Å². The Bertz CT molecular complexity index is 983. The van der Waals surface area contributed by atoms with Gasteiger partial charge < -0.3 is 4.74 Å². The van der Waals surface area contributed by atoms with E-state index in [4.69, 9.17) is 4.74 Å². The van der Waals surface area contributed by atoms with Crippen LogP contribution in [0.1, 0.15) is 100 Å². The normalized spacial score (nSPS) is 25.6. The SMILES string of the molecule is CCOc1ccc(C2CCC(C=Cc3ccc(C4CCC(CC)CC4)c(F)c3F)CC2)c(F)c1. The van der Waals surface area contributed by atoms with E-state index in [-0.39, 0.29) is 17.7 Å². The minimum Gasteiger partial charge on any atom is -0.494 e. The second-order valence-corrected chi connectivity index (χ2v) is 10.1. The lowest BCUT2D eigenvalue weighted by molar-refractivity contribution is 0.312. The molecule has 0 radical (unpaired) electrons. The number of benzene rings is 2. The molecule has 4 heteroatoms. The van der Waals surface area contributed by atoms with Crippen LogP contribution in [-0.2, 0) is 0 Å². The van der Waals surface area contributed by atoms with Crippen molar-refractivity contribution in [1.29, 1.82) is 0 Å². The van der Waals surface area contributed by atoms with Crippen LogP contribution in [0.25, 0.3) is 6.08 Å². The van der Waals surface area contributed by atoms with Gasteiger partial charge in [-0.3, -0.25) is 0 Å². The molecule has 2 aliphatic carbocycles. The van der Waals surface area contributed by atoms with Crippen LogP contribution in [-0.4, -0.2) is 6.61 Å². The molecule has 2 saturated carbocycles. The molecule has 0 heterocycles. The summed E-state index contributed by atoms with van der Waals surface area (Å²) in [5, 5.41) is 0. The molecule has 2 fully saturated rings. The molecule has 4 rings (SSSR count). The van der Waals surface area contributed by atoms with Gasteiger partial charge in [-0.1, -0.05) is 43.7 Å². The average Bonchev–Trinajstić information content (AvgIpc) is 2.86. The van der Waals surface area contributed by atoms with Gasteiger partial charge in [-0.2, -0.15) is 0 Å². The number of halogens is 3.